The number of alkyl halides is 3. The zero-order chi connectivity index (χ0) is 30.2. The summed E-state index contributed by atoms with van der Waals surface area (Å²) < 4.78 is 65.6. The third-order valence-corrected chi connectivity index (χ3v) is 7.29. The number of carbonyl (C=O) groups excluding carboxylic acids is 1. The van der Waals surface area contributed by atoms with Crippen LogP contribution in [0.4, 0.5) is 13.2 Å². The molecule has 42 heavy (non-hydrogen) atoms. The Labute approximate surface area is 240 Å². The molecule has 0 bridgehead atoms. The van der Waals surface area contributed by atoms with Crippen molar-refractivity contribution < 1.29 is 36.6 Å². The fourth-order valence-corrected chi connectivity index (χ4v) is 4.85. The fourth-order valence-electron chi connectivity index (χ4n) is 4.85. The lowest BCUT2D eigenvalue weighted by molar-refractivity contribution is -0.154. The topological polar surface area (TPSA) is 78.2 Å². The number of halogens is 3. The number of rotatable bonds is 6. The van der Waals surface area contributed by atoms with E-state index in [1.165, 1.54) is 12.1 Å². The Bertz CT molecular complexity index is 1700. The molecular formula is C32H30F3NO6. The molecule has 220 valence electrons. The van der Waals surface area contributed by atoms with E-state index in [2.05, 4.69) is 0 Å². The summed E-state index contributed by atoms with van der Waals surface area (Å²) in [4.78, 5) is 28.6. The van der Waals surface area contributed by atoms with Gasteiger partial charge in [0, 0.05) is 19.6 Å². The van der Waals surface area contributed by atoms with Gasteiger partial charge >= 0.3 is 12.1 Å². The minimum absolute atomic E-state index is 0.00494. The van der Waals surface area contributed by atoms with E-state index in [9.17, 15) is 22.8 Å². The van der Waals surface area contributed by atoms with Gasteiger partial charge < -0.3 is 18.6 Å². The Balaban J connectivity index is 1.68. The molecular weight excluding hydrogens is 551 g/mol. The summed E-state index contributed by atoms with van der Waals surface area (Å²) in [7, 11) is 0. The molecule has 0 atom stereocenters. The predicted molar refractivity (Wildman–Crippen MR) is 150 cm³/mol. The summed E-state index contributed by atoms with van der Waals surface area (Å²) in [6.45, 7) is 9.06. The zero-order valence-corrected chi connectivity index (χ0v) is 23.7. The van der Waals surface area contributed by atoms with Gasteiger partial charge in [-0.05, 0) is 74.7 Å². The molecule has 0 saturated carbocycles. The quantitative estimate of drug-likeness (QED) is 0.181. The molecule has 1 aliphatic heterocycles. The highest BCUT2D eigenvalue weighted by molar-refractivity contribution is 5.92. The zero-order valence-electron chi connectivity index (χ0n) is 23.7. The van der Waals surface area contributed by atoms with Crippen LogP contribution in [0.25, 0.3) is 11.0 Å². The Morgan fingerprint density at radius 2 is 1.62 bits per heavy atom. The van der Waals surface area contributed by atoms with Gasteiger partial charge in [0.2, 0.25) is 11.2 Å². The first kappa shape index (κ1) is 29.3. The number of nitrogens with zero attached hydrogens (tertiary/aromatic N) is 1. The Hall–Kier alpha value is -4.15. The molecule has 1 aromatic heterocycles. The lowest BCUT2D eigenvalue weighted by atomic mass is 10.1. The van der Waals surface area contributed by atoms with E-state index < -0.39 is 29.1 Å². The van der Waals surface area contributed by atoms with E-state index in [0.717, 1.165) is 16.7 Å². The summed E-state index contributed by atoms with van der Waals surface area (Å²) in [5.41, 5.74) is 2.21. The first-order chi connectivity index (χ1) is 19.9. The number of benzene rings is 3. The first-order valence-corrected chi connectivity index (χ1v) is 13.5. The van der Waals surface area contributed by atoms with Crippen molar-refractivity contribution in [3.05, 3.63) is 97.9 Å². The van der Waals surface area contributed by atoms with E-state index >= 15 is 0 Å². The van der Waals surface area contributed by atoms with Crippen LogP contribution in [-0.2, 0) is 17.5 Å². The minimum Gasteiger partial charge on any atom is -0.449 e. The van der Waals surface area contributed by atoms with E-state index in [4.69, 9.17) is 18.6 Å². The van der Waals surface area contributed by atoms with Crippen LogP contribution in [0.1, 0.15) is 43.9 Å². The van der Waals surface area contributed by atoms with Gasteiger partial charge in [0.05, 0.1) is 29.7 Å². The molecule has 0 aliphatic carbocycles. The van der Waals surface area contributed by atoms with Gasteiger partial charge in [0.25, 0.3) is 5.76 Å². The predicted octanol–water partition coefficient (Wildman–Crippen LogP) is 6.89. The van der Waals surface area contributed by atoms with Crippen molar-refractivity contribution in [2.75, 3.05) is 26.3 Å². The highest BCUT2D eigenvalue weighted by atomic mass is 19.4. The molecule has 0 spiro atoms. The summed E-state index contributed by atoms with van der Waals surface area (Å²) in [5.74, 6) is -3.09. The summed E-state index contributed by atoms with van der Waals surface area (Å²) in [6.07, 6.45) is -5.06. The molecule has 3 aromatic carbocycles. The van der Waals surface area contributed by atoms with Crippen LogP contribution in [-0.4, -0.2) is 37.2 Å². The van der Waals surface area contributed by atoms with Gasteiger partial charge in [0.1, 0.15) is 17.1 Å². The van der Waals surface area contributed by atoms with Crippen LogP contribution in [0.2, 0.25) is 0 Å². The molecule has 1 fully saturated rings. The molecule has 0 radical (unpaired) electrons. The summed E-state index contributed by atoms with van der Waals surface area (Å²) >= 11 is 0. The third kappa shape index (κ3) is 6.05. The van der Waals surface area contributed by atoms with Gasteiger partial charge in [-0.3, -0.25) is 9.69 Å². The second-order valence-electron chi connectivity index (χ2n) is 10.5. The second-order valence-corrected chi connectivity index (χ2v) is 10.5. The average molecular weight is 582 g/mol. The molecule has 0 unspecified atom stereocenters. The Kier molecular flexibility index (Phi) is 8.12. The summed E-state index contributed by atoms with van der Waals surface area (Å²) in [6, 6.07) is 12.8. The molecule has 1 aliphatic rings. The van der Waals surface area contributed by atoms with Crippen LogP contribution in [0, 0.1) is 27.7 Å². The van der Waals surface area contributed by atoms with Crippen LogP contribution in [0.15, 0.2) is 57.7 Å². The van der Waals surface area contributed by atoms with Crippen molar-refractivity contribution >= 4 is 16.9 Å². The highest BCUT2D eigenvalue weighted by Crippen LogP contribution is 2.41. The first-order valence-electron chi connectivity index (χ1n) is 13.5. The molecule has 0 N–H and O–H groups in total. The van der Waals surface area contributed by atoms with E-state index in [0.29, 0.717) is 31.9 Å². The SMILES string of the molecule is Cc1ccc(C(=O)Oc2ccc3c(=O)c(Oc4cc(C)cc(C)c4C)c(C(F)(F)F)oc3c2CN2CCOCC2)cc1. The smallest absolute Gasteiger partial charge is 0.449 e. The maximum Gasteiger partial charge on any atom is 0.453 e. The van der Waals surface area contributed by atoms with Crippen LogP contribution < -0.4 is 14.9 Å². The Morgan fingerprint density at radius 3 is 2.29 bits per heavy atom. The monoisotopic (exact) mass is 581 g/mol. The van der Waals surface area contributed by atoms with Crippen LogP contribution in [0.3, 0.4) is 0 Å². The second kappa shape index (κ2) is 11.6. The standard InChI is InChI=1S/C32H30F3NO6/c1-18-5-7-22(8-6-18)31(38)41-25-10-9-23-27(37)29(40-26-16-19(2)15-20(3)21(26)4)30(32(33,34)35)42-28(23)24(25)17-36-11-13-39-14-12-36/h5-10,15-16H,11-14,17H2,1-4H3. The van der Waals surface area contributed by atoms with Crippen molar-refractivity contribution in [3.8, 4) is 17.2 Å². The largest absolute Gasteiger partial charge is 0.453 e. The lowest BCUT2D eigenvalue weighted by Gasteiger charge is -2.27. The van der Waals surface area contributed by atoms with E-state index in [1.54, 1.807) is 51.1 Å². The highest BCUT2D eigenvalue weighted by Gasteiger charge is 2.41. The molecule has 1 saturated heterocycles. The molecule has 7 nitrogen and oxygen atoms in total. The van der Waals surface area contributed by atoms with Crippen molar-refractivity contribution in [3.63, 3.8) is 0 Å². The van der Waals surface area contributed by atoms with Gasteiger partial charge in [-0.15, -0.1) is 0 Å². The van der Waals surface area contributed by atoms with Crippen LogP contribution in [0.5, 0.6) is 17.2 Å². The average Bonchev–Trinajstić information content (AvgIpc) is 2.94. The number of aryl methyl sites for hydroxylation is 3. The number of hydrogen-bond donors (Lipinski definition) is 0. The van der Waals surface area contributed by atoms with Gasteiger partial charge in [-0.25, -0.2) is 4.79 Å². The Morgan fingerprint density at radius 1 is 0.929 bits per heavy atom. The van der Waals surface area contributed by atoms with Crippen molar-refractivity contribution in [1.29, 1.82) is 0 Å². The van der Waals surface area contributed by atoms with Crippen molar-refractivity contribution in [2.24, 2.45) is 0 Å². The van der Waals surface area contributed by atoms with Gasteiger partial charge in [-0.2, -0.15) is 13.2 Å². The maximum absolute atomic E-state index is 14.4. The minimum atomic E-state index is -5.06. The molecule has 4 aromatic rings. The lowest BCUT2D eigenvalue weighted by Crippen LogP contribution is -2.36. The molecule has 0 amide bonds. The molecule has 2 heterocycles. The van der Waals surface area contributed by atoms with Crippen molar-refractivity contribution in [1.82, 2.24) is 4.90 Å². The van der Waals surface area contributed by atoms with Crippen molar-refractivity contribution in [2.45, 2.75) is 40.4 Å². The fraction of sp³-hybridized carbons (Fsp3) is 0.312. The van der Waals surface area contributed by atoms with Gasteiger partial charge in [0.15, 0.2) is 0 Å². The third-order valence-electron chi connectivity index (χ3n) is 7.29. The number of hydrogen-bond acceptors (Lipinski definition) is 7. The number of esters is 1. The molecule has 10 heteroatoms. The van der Waals surface area contributed by atoms with E-state index in [-0.39, 0.29) is 40.1 Å². The van der Waals surface area contributed by atoms with E-state index in [1.807, 2.05) is 17.9 Å². The van der Waals surface area contributed by atoms with Crippen LogP contribution >= 0.6 is 0 Å². The number of carbonyl (C=O) groups is 1. The number of morpholine rings is 1. The normalized spacial score (nSPS) is 14.3. The number of ether oxygens (including phenoxy) is 3. The maximum atomic E-state index is 14.4. The molecule has 5 rings (SSSR count). The van der Waals surface area contributed by atoms with Gasteiger partial charge in [-0.1, -0.05) is 23.8 Å². The number of fused-ring (bicyclic) bond motifs is 1. The summed E-state index contributed by atoms with van der Waals surface area (Å²) in [5, 5.41) is -0.126.